The second-order valence-corrected chi connectivity index (χ2v) is 7.62. The summed E-state index contributed by atoms with van der Waals surface area (Å²) >= 11 is 1.31. The van der Waals surface area contributed by atoms with Gasteiger partial charge in [0.1, 0.15) is 17.7 Å². The van der Waals surface area contributed by atoms with Crippen LogP contribution >= 0.6 is 11.3 Å². The Morgan fingerprint density at radius 3 is 2.80 bits per heavy atom. The minimum Gasteiger partial charge on any atom is -0.364 e. The van der Waals surface area contributed by atoms with E-state index in [9.17, 15) is 9.59 Å². The highest BCUT2D eigenvalue weighted by Gasteiger charge is 2.33. The molecule has 2 heterocycles. The van der Waals surface area contributed by atoms with E-state index in [0.717, 1.165) is 17.1 Å². The Kier molecular flexibility index (Phi) is 4.98. The summed E-state index contributed by atoms with van der Waals surface area (Å²) in [7, 11) is 0. The Hall–Kier alpha value is -2.48. The van der Waals surface area contributed by atoms with Gasteiger partial charge in [-0.2, -0.15) is 0 Å². The molecule has 25 heavy (non-hydrogen) atoms. The molecule has 0 radical (unpaired) electrons. The third-order valence-corrected chi connectivity index (χ3v) is 4.65. The number of anilines is 2. The molecule has 7 nitrogen and oxygen atoms in total. The number of carbonyl (C=O) groups excluding carboxylic acids is 2. The number of nitrogens with zero attached hydrogens (tertiary/aromatic N) is 3. The van der Waals surface area contributed by atoms with Crippen LogP contribution in [0.25, 0.3) is 0 Å². The van der Waals surface area contributed by atoms with Gasteiger partial charge in [0.05, 0.1) is 5.56 Å². The number of aromatic nitrogens is 2. The predicted molar refractivity (Wildman–Crippen MR) is 97.6 cm³/mol. The molecule has 1 atom stereocenters. The van der Waals surface area contributed by atoms with Crippen LogP contribution in [-0.2, 0) is 4.79 Å². The van der Waals surface area contributed by atoms with Gasteiger partial charge >= 0.3 is 0 Å². The van der Waals surface area contributed by atoms with Crippen molar-refractivity contribution in [2.45, 2.75) is 33.4 Å². The summed E-state index contributed by atoms with van der Waals surface area (Å²) in [5, 5.41) is 15.1. The molecule has 3 rings (SSSR count). The monoisotopic (exact) mass is 359 g/mol. The van der Waals surface area contributed by atoms with Gasteiger partial charge in [-0.05, 0) is 31.4 Å². The van der Waals surface area contributed by atoms with Gasteiger partial charge in [-0.15, -0.1) is 10.2 Å². The molecule has 0 bridgehead atoms. The van der Waals surface area contributed by atoms with Crippen LogP contribution in [0.1, 0.15) is 35.6 Å². The zero-order valence-electron chi connectivity index (χ0n) is 14.4. The van der Waals surface area contributed by atoms with Gasteiger partial charge < -0.3 is 10.2 Å². The number of hydrogen-bond acceptors (Lipinski definition) is 6. The first-order chi connectivity index (χ1) is 11.9. The van der Waals surface area contributed by atoms with E-state index < -0.39 is 0 Å². The maximum absolute atomic E-state index is 12.9. The zero-order valence-corrected chi connectivity index (χ0v) is 15.3. The van der Waals surface area contributed by atoms with Crippen molar-refractivity contribution in [3.63, 3.8) is 0 Å². The van der Waals surface area contributed by atoms with Crippen molar-refractivity contribution in [3.8, 4) is 0 Å². The first-order valence-electron chi connectivity index (χ1n) is 8.20. The lowest BCUT2D eigenvalue weighted by Gasteiger charge is -2.38. The molecule has 0 saturated heterocycles. The van der Waals surface area contributed by atoms with E-state index in [2.05, 4.69) is 34.7 Å². The normalized spacial score (nSPS) is 16.6. The van der Waals surface area contributed by atoms with Gasteiger partial charge in [-0.25, -0.2) is 0 Å². The van der Waals surface area contributed by atoms with Gasteiger partial charge in [0.25, 0.3) is 5.91 Å². The minimum absolute atomic E-state index is 0.0316. The second kappa shape index (κ2) is 7.18. The van der Waals surface area contributed by atoms with Gasteiger partial charge in [0.2, 0.25) is 11.0 Å². The van der Waals surface area contributed by atoms with Crippen LogP contribution in [0.3, 0.4) is 0 Å². The molecule has 132 valence electrons. The van der Waals surface area contributed by atoms with Gasteiger partial charge in [0, 0.05) is 5.69 Å². The molecule has 2 amide bonds. The third kappa shape index (κ3) is 3.96. The van der Waals surface area contributed by atoms with Crippen molar-refractivity contribution >= 4 is 34.0 Å². The summed E-state index contributed by atoms with van der Waals surface area (Å²) in [6, 6.07) is 7.38. The number of benzene rings is 1. The largest absolute Gasteiger partial charge is 0.364 e. The summed E-state index contributed by atoms with van der Waals surface area (Å²) in [4.78, 5) is 26.9. The van der Waals surface area contributed by atoms with Crippen molar-refractivity contribution in [1.29, 1.82) is 0 Å². The van der Waals surface area contributed by atoms with Gasteiger partial charge in [0.15, 0.2) is 0 Å². The molecular formula is C17H21N5O2S. The maximum Gasteiger partial charge on any atom is 0.258 e. The quantitative estimate of drug-likeness (QED) is 0.857. The second-order valence-electron chi connectivity index (χ2n) is 6.44. The Bertz CT molecular complexity index is 789. The molecule has 0 fully saturated rings. The lowest BCUT2D eigenvalue weighted by Crippen LogP contribution is -2.52. The number of aryl methyl sites for hydroxylation is 1. The number of hydrogen-bond donors (Lipinski definition) is 2. The van der Waals surface area contributed by atoms with Crippen molar-refractivity contribution in [1.82, 2.24) is 15.1 Å². The van der Waals surface area contributed by atoms with Crippen LogP contribution in [0.4, 0.5) is 10.8 Å². The Morgan fingerprint density at radius 1 is 1.36 bits per heavy atom. The SMILES string of the molecule is Cc1nnc(NC(=O)CN2C(=O)c3ccccc3N[C@@H]2CC(C)C)s1. The molecule has 0 spiro atoms. The first kappa shape index (κ1) is 17.3. The van der Waals surface area contributed by atoms with E-state index >= 15 is 0 Å². The van der Waals surface area contributed by atoms with E-state index in [-0.39, 0.29) is 24.5 Å². The van der Waals surface area contributed by atoms with Crippen LogP contribution in [0, 0.1) is 12.8 Å². The molecule has 1 aromatic heterocycles. The average Bonchev–Trinajstić information content (AvgIpc) is 2.95. The molecule has 1 aliphatic rings. The minimum atomic E-state index is -0.278. The fraction of sp³-hybridized carbons (Fsp3) is 0.412. The fourth-order valence-corrected chi connectivity index (χ4v) is 3.43. The predicted octanol–water partition coefficient (Wildman–Crippen LogP) is 2.73. The lowest BCUT2D eigenvalue weighted by molar-refractivity contribution is -0.117. The summed E-state index contributed by atoms with van der Waals surface area (Å²) in [5.74, 6) is -0.0324. The van der Waals surface area contributed by atoms with Gasteiger partial charge in [-0.3, -0.25) is 14.9 Å². The smallest absolute Gasteiger partial charge is 0.258 e. The number of fused-ring (bicyclic) bond motifs is 1. The van der Waals surface area contributed by atoms with E-state index in [4.69, 9.17) is 0 Å². The Balaban J connectivity index is 1.78. The number of para-hydroxylation sites is 1. The lowest BCUT2D eigenvalue weighted by atomic mass is 10.0. The summed E-state index contributed by atoms with van der Waals surface area (Å²) < 4.78 is 0. The van der Waals surface area contributed by atoms with Crippen molar-refractivity contribution in [2.75, 3.05) is 17.2 Å². The molecule has 2 N–H and O–H groups in total. The average molecular weight is 359 g/mol. The number of rotatable bonds is 5. The van der Waals surface area contributed by atoms with Crippen molar-refractivity contribution in [3.05, 3.63) is 34.8 Å². The highest BCUT2D eigenvalue weighted by atomic mass is 32.1. The Morgan fingerprint density at radius 2 is 2.12 bits per heavy atom. The van der Waals surface area contributed by atoms with Crippen LogP contribution in [0.15, 0.2) is 24.3 Å². The number of nitrogens with one attached hydrogen (secondary N) is 2. The van der Waals surface area contributed by atoms with Crippen LogP contribution in [0.2, 0.25) is 0 Å². The highest BCUT2D eigenvalue weighted by Crippen LogP contribution is 2.27. The molecule has 2 aromatic rings. The zero-order chi connectivity index (χ0) is 18.0. The van der Waals surface area contributed by atoms with E-state index in [0.29, 0.717) is 16.6 Å². The summed E-state index contributed by atoms with van der Waals surface area (Å²) in [6.07, 6.45) is 0.537. The van der Waals surface area contributed by atoms with Crippen LogP contribution < -0.4 is 10.6 Å². The summed E-state index contributed by atoms with van der Waals surface area (Å²) in [5.41, 5.74) is 1.40. The topological polar surface area (TPSA) is 87.2 Å². The molecule has 1 aromatic carbocycles. The molecule has 0 saturated carbocycles. The van der Waals surface area contributed by atoms with Crippen LogP contribution in [-0.4, -0.2) is 39.6 Å². The summed E-state index contributed by atoms with van der Waals surface area (Å²) in [6.45, 7) is 5.97. The molecule has 8 heteroatoms. The Labute approximate surface area is 150 Å². The fourth-order valence-electron chi connectivity index (χ4n) is 2.82. The molecule has 0 unspecified atom stereocenters. The standard InChI is InChI=1S/C17H21N5O2S/c1-10(2)8-14-18-13-7-5-4-6-12(13)16(24)22(14)9-15(23)19-17-21-20-11(3)25-17/h4-7,10,14,18H,8-9H2,1-3H3,(H,19,21,23)/t14-/m0/s1. The first-order valence-corrected chi connectivity index (χ1v) is 9.02. The number of carbonyl (C=O) groups is 2. The van der Waals surface area contributed by atoms with Crippen molar-refractivity contribution < 1.29 is 9.59 Å². The molecule has 0 aliphatic carbocycles. The van der Waals surface area contributed by atoms with Gasteiger partial charge in [-0.1, -0.05) is 37.3 Å². The third-order valence-electron chi connectivity index (χ3n) is 3.90. The van der Waals surface area contributed by atoms with E-state index in [1.54, 1.807) is 11.0 Å². The highest BCUT2D eigenvalue weighted by molar-refractivity contribution is 7.15. The maximum atomic E-state index is 12.9. The van der Waals surface area contributed by atoms with E-state index in [1.807, 2.05) is 25.1 Å². The number of amides is 2. The molecular weight excluding hydrogens is 338 g/mol. The molecule has 1 aliphatic heterocycles. The van der Waals surface area contributed by atoms with E-state index in [1.165, 1.54) is 11.3 Å². The van der Waals surface area contributed by atoms with Crippen molar-refractivity contribution in [2.24, 2.45) is 5.92 Å². The van der Waals surface area contributed by atoms with Crippen LogP contribution in [0.5, 0.6) is 0 Å².